The minimum absolute atomic E-state index is 0.00655. The van der Waals surface area contributed by atoms with E-state index in [9.17, 15) is 9.59 Å². The summed E-state index contributed by atoms with van der Waals surface area (Å²) in [6, 6.07) is 13.8. The number of benzene rings is 1. The Kier molecular flexibility index (Phi) is 5.45. The van der Waals surface area contributed by atoms with Gasteiger partial charge in [-0.05, 0) is 36.8 Å². The smallest absolute Gasteiger partial charge is 0.387 e. The van der Waals surface area contributed by atoms with Gasteiger partial charge in [-0.15, -0.1) is 16.4 Å². The van der Waals surface area contributed by atoms with Crippen LogP contribution in [0.25, 0.3) is 10.8 Å². The number of carbonyl (C=O) groups is 1. The van der Waals surface area contributed by atoms with Crippen molar-refractivity contribution in [1.82, 2.24) is 15.1 Å². The number of hydrogen-bond acceptors (Lipinski definition) is 5. The maximum absolute atomic E-state index is 12.1. The van der Waals surface area contributed by atoms with Crippen LogP contribution < -0.4 is 11.1 Å². The Morgan fingerprint density at radius 2 is 2.08 bits per heavy atom. The zero-order chi connectivity index (χ0) is 17.6. The highest BCUT2D eigenvalue weighted by atomic mass is 32.1. The third kappa shape index (κ3) is 4.67. The van der Waals surface area contributed by atoms with Gasteiger partial charge < -0.3 is 9.73 Å². The van der Waals surface area contributed by atoms with Crippen LogP contribution >= 0.6 is 11.3 Å². The summed E-state index contributed by atoms with van der Waals surface area (Å²) in [6.45, 7) is 1.80. The van der Waals surface area contributed by atoms with Crippen LogP contribution in [0.3, 0.4) is 0 Å². The predicted octanol–water partition coefficient (Wildman–Crippen LogP) is 2.70. The lowest BCUT2D eigenvalue weighted by atomic mass is 10.1. The molecule has 3 aromatic rings. The first-order valence-electron chi connectivity index (χ1n) is 8.07. The normalized spacial score (nSPS) is 12.0. The second kappa shape index (κ2) is 7.94. The fraction of sp³-hybridized carbons (Fsp3) is 0.278. The van der Waals surface area contributed by atoms with E-state index in [1.54, 1.807) is 0 Å². The van der Waals surface area contributed by atoms with Gasteiger partial charge >= 0.3 is 5.76 Å². The largest absolute Gasteiger partial charge is 0.437 e. The minimum Gasteiger partial charge on any atom is -0.387 e. The number of aromatic nitrogens is 2. The molecule has 3 rings (SSSR count). The van der Waals surface area contributed by atoms with Crippen LogP contribution in [-0.2, 0) is 17.8 Å². The summed E-state index contributed by atoms with van der Waals surface area (Å²) >= 11 is 1.42. The molecule has 0 aliphatic rings. The molecule has 0 bridgehead atoms. The van der Waals surface area contributed by atoms with E-state index in [-0.39, 0.29) is 24.4 Å². The van der Waals surface area contributed by atoms with Crippen LogP contribution in [0.15, 0.2) is 57.1 Å². The van der Waals surface area contributed by atoms with Crippen molar-refractivity contribution >= 4 is 17.2 Å². The molecule has 0 radical (unpaired) electrons. The van der Waals surface area contributed by atoms with Gasteiger partial charge in [0.2, 0.25) is 5.91 Å². The van der Waals surface area contributed by atoms with Crippen LogP contribution in [0.4, 0.5) is 0 Å². The van der Waals surface area contributed by atoms with Crippen LogP contribution in [0.1, 0.15) is 18.9 Å². The molecule has 7 heteroatoms. The molecule has 0 spiro atoms. The molecule has 0 saturated carbocycles. The number of rotatable bonds is 7. The average Bonchev–Trinajstić information content (AvgIpc) is 3.24. The molecule has 25 heavy (non-hydrogen) atoms. The third-order valence-corrected chi connectivity index (χ3v) is 4.61. The van der Waals surface area contributed by atoms with Gasteiger partial charge in [0.05, 0.1) is 4.88 Å². The number of thiophene rings is 1. The van der Waals surface area contributed by atoms with E-state index in [1.807, 2.05) is 42.6 Å². The fourth-order valence-electron chi connectivity index (χ4n) is 2.46. The van der Waals surface area contributed by atoms with E-state index in [1.165, 1.54) is 16.9 Å². The monoisotopic (exact) mass is 357 g/mol. The highest BCUT2D eigenvalue weighted by Gasteiger charge is 2.15. The molecule has 2 heterocycles. The standard InChI is InChI=1S/C18H19N3O3S/c1-13(9-10-14-6-3-2-4-7-14)19-16(22)12-21-18(23)24-17(20-21)15-8-5-11-25-15/h2-8,11,13H,9-10,12H2,1H3,(H,19,22)/t13-/m1/s1. The number of nitrogens with zero attached hydrogens (tertiary/aromatic N) is 2. The first-order chi connectivity index (χ1) is 12.1. The second-order valence-electron chi connectivity index (χ2n) is 5.80. The fourth-order valence-corrected chi connectivity index (χ4v) is 3.11. The van der Waals surface area contributed by atoms with Gasteiger partial charge in [0.25, 0.3) is 5.89 Å². The summed E-state index contributed by atoms with van der Waals surface area (Å²) in [6.07, 6.45) is 1.71. The Morgan fingerprint density at radius 3 is 2.80 bits per heavy atom. The van der Waals surface area contributed by atoms with Crippen molar-refractivity contribution in [2.45, 2.75) is 32.4 Å². The number of carbonyl (C=O) groups excluding carboxylic acids is 1. The summed E-state index contributed by atoms with van der Waals surface area (Å²) in [5.74, 6) is -0.644. The third-order valence-electron chi connectivity index (χ3n) is 3.75. The number of hydrogen-bond donors (Lipinski definition) is 1. The summed E-state index contributed by atoms with van der Waals surface area (Å²) in [5, 5.41) is 8.84. The maximum Gasteiger partial charge on any atom is 0.437 e. The van der Waals surface area contributed by atoms with Gasteiger partial charge in [-0.2, -0.15) is 4.68 Å². The van der Waals surface area contributed by atoms with E-state index in [0.29, 0.717) is 0 Å². The number of nitrogens with one attached hydrogen (secondary N) is 1. The van der Waals surface area contributed by atoms with E-state index in [2.05, 4.69) is 22.5 Å². The van der Waals surface area contributed by atoms with E-state index >= 15 is 0 Å². The SMILES string of the molecule is C[C@H](CCc1ccccc1)NC(=O)Cn1nc(-c2cccs2)oc1=O. The van der Waals surface area contributed by atoms with Crippen molar-refractivity contribution in [3.63, 3.8) is 0 Å². The summed E-state index contributed by atoms with van der Waals surface area (Å²) < 4.78 is 6.15. The van der Waals surface area contributed by atoms with Crippen molar-refractivity contribution in [3.8, 4) is 10.8 Å². The van der Waals surface area contributed by atoms with Crippen molar-refractivity contribution in [1.29, 1.82) is 0 Å². The average molecular weight is 357 g/mol. The predicted molar refractivity (Wildman–Crippen MR) is 96.4 cm³/mol. The minimum atomic E-state index is -0.629. The summed E-state index contributed by atoms with van der Waals surface area (Å²) in [5.41, 5.74) is 1.23. The van der Waals surface area contributed by atoms with Gasteiger partial charge in [-0.25, -0.2) is 4.79 Å². The molecule has 0 fully saturated rings. The van der Waals surface area contributed by atoms with Gasteiger partial charge in [0, 0.05) is 6.04 Å². The van der Waals surface area contributed by atoms with Crippen molar-refractivity contribution < 1.29 is 9.21 Å². The Balaban J connectivity index is 1.53. The molecule has 1 atom stereocenters. The van der Waals surface area contributed by atoms with Gasteiger partial charge in [-0.3, -0.25) is 4.79 Å². The molecule has 1 N–H and O–H groups in total. The lowest BCUT2D eigenvalue weighted by molar-refractivity contribution is -0.122. The second-order valence-corrected chi connectivity index (χ2v) is 6.75. The molecule has 0 aliphatic heterocycles. The van der Waals surface area contributed by atoms with Gasteiger partial charge in [0.15, 0.2) is 0 Å². The highest BCUT2D eigenvalue weighted by Crippen LogP contribution is 2.20. The Hall–Kier alpha value is -2.67. The molecule has 130 valence electrons. The van der Waals surface area contributed by atoms with Gasteiger partial charge in [-0.1, -0.05) is 36.4 Å². The lowest BCUT2D eigenvalue weighted by Crippen LogP contribution is -2.37. The molecule has 0 unspecified atom stereocenters. The summed E-state index contributed by atoms with van der Waals surface area (Å²) in [7, 11) is 0. The lowest BCUT2D eigenvalue weighted by Gasteiger charge is -2.13. The molecule has 1 amide bonds. The van der Waals surface area contributed by atoms with E-state index in [0.717, 1.165) is 22.4 Å². The molecular weight excluding hydrogens is 338 g/mol. The molecule has 2 aromatic heterocycles. The molecule has 0 aliphatic carbocycles. The molecule has 0 saturated heterocycles. The molecule has 1 aromatic carbocycles. The Bertz CT molecular complexity index is 869. The first-order valence-corrected chi connectivity index (χ1v) is 8.95. The first kappa shape index (κ1) is 17.2. The van der Waals surface area contributed by atoms with Crippen LogP contribution in [0, 0.1) is 0 Å². The van der Waals surface area contributed by atoms with Crippen molar-refractivity contribution in [3.05, 3.63) is 64.0 Å². The van der Waals surface area contributed by atoms with E-state index in [4.69, 9.17) is 4.42 Å². The van der Waals surface area contributed by atoms with Crippen LogP contribution in [0.5, 0.6) is 0 Å². The summed E-state index contributed by atoms with van der Waals surface area (Å²) in [4.78, 5) is 24.7. The quantitative estimate of drug-likeness (QED) is 0.705. The van der Waals surface area contributed by atoms with Crippen molar-refractivity contribution in [2.24, 2.45) is 0 Å². The number of amides is 1. The topological polar surface area (TPSA) is 77.1 Å². The Morgan fingerprint density at radius 1 is 1.28 bits per heavy atom. The molecular formula is C18H19N3O3S. The maximum atomic E-state index is 12.1. The Labute approximate surface area is 149 Å². The van der Waals surface area contributed by atoms with Crippen LogP contribution in [0.2, 0.25) is 0 Å². The zero-order valence-corrected chi connectivity index (χ0v) is 14.7. The number of aryl methyl sites for hydroxylation is 1. The van der Waals surface area contributed by atoms with Crippen LogP contribution in [-0.4, -0.2) is 21.7 Å². The van der Waals surface area contributed by atoms with Crippen molar-refractivity contribution in [2.75, 3.05) is 0 Å². The van der Waals surface area contributed by atoms with Gasteiger partial charge in [0.1, 0.15) is 6.54 Å². The highest BCUT2D eigenvalue weighted by molar-refractivity contribution is 7.13. The van der Waals surface area contributed by atoms with E-state index < -0.39 is 5.76 Å². The molecule has 6 nitrogen and oxygen atoms in total. The zero-order valence-electron chi connectivity index (χ0n) is 13.8.